The Balaban J connectivity index is 3.73. The molecule has 0 N–H and O–H groups in total. The summed E-state index contributed by atoms with van der Waals surface area (Å²) in [5, 5.41) is 0. The first-order valence-corrected chi connectivity index (χ1v) is 17.9. The minimum atomic E-state index is -1.88. The van der Waals surface area contributed by atoms with Crippen LogP contribution in [0.1, 0.15) is 0 Å². The van der Waals surface area contributed by atoms with Gasteiger partial charge in [-0.2, -0.15) is 0 Å². The zero-order chi connectivity index (χ0) is 5.45. The zero-order valence-corrected chi connectivity index (χ0v) is 8.96. The van der Waals surface area contributed by atoms with Gasteiger partial charge in [0, 0.05) is 0 Å². The minimum absolute atomic E-state index is 1.88. The number of hydrogen-bond donors (Lipinski definition) is 0. The fourth-order valence-electron chi connectivity index (χ4n) is 0. The van der Waals surface area contributed by atoms with Gasteiger partial charge in [0.1, 0.15) is 0 Å². The van der Waals surface area contributed by atoms with Crippen LogP contribution in [0.4, 0.5) is 0 Å². The molecule has 0 heterocycles. The van der Waals surface area contributed by atoms with Crippen molar-refractivity contribution in [2.75, 3.05) is 0 Å². The summed E-state index contributed by atoms with van der Waals surface area (Å²) < 4.78 is 0. The first-order valence-electron chi connectivity index (χ1n) is 1.96. The normalized spacial score (nSPS) is 19.2. The monoisotopic (exact) mass is 260 g/mol. The molecule has 0 aromatic heterocycles. The predicted molar refractivity (Wildman–Crippen MR) is 38.1 cm³/mol. The summed E-state index contributed by atoms with van der Waals surface area (Å²) >= 11 is 1.80. The van der Waals surface area contributed by atoms with Crippen molar-refractivity contribution in [1.82, 2.24) is 0 Å². The van der Waals surface area contributed by atoms with Gasteiger partial charge in [-0.15, -0.1) is 0 Å². The quantitative estimate of drug-likeness (QED) is 0.589. The Morgan fingerprint density at radius 2 is 1.00 bits per heavy atom. The number of rotatable bonds is 0. The fraction of sp³-hybridized carbons (Fsp3) is 1.00. The molecule has 0 saturated heterocycles. The fourth-order valence-corrected chi connectivity index (χ4v) is 0. The van der Waals surface area contributed by atoms with Crippen LogP contribution in [0.2, 0.25) is 19.5 Å². The van der Waals surface area contributed by atoms with Crippen LogP contribution in [-0.2, 0) is 0 Å². The van der Waals surface area contributed by atoms with Crippen LogP contribution < -0.4 is 0 Å². The molecule has 0 aliphatic carbocycles. The van der Waals surface area contributed by atoms with E-state index >= 15 is 0 Å². The topological polar surface area (TPSA) is 0 Å². The Hall–Kier alpha value is 1.30. The molecule has 0 rings (SSSR count). The Kier molecular flexibility index (Phi) is 1.68. The second-order valence-electron chi connectivity index (χ2n) is 3.36. The van der Waals surface area contributed by atoms with E-state index in [-0.39, 0.29) is 0 Å². The van der Waals surface area contributed by atoms with Crippen LogP contribution in [0.15, 0.2) is 0 Å². The third kappa shape index (κ3) is 58.1. The van der Waals surface area contributed by atoms with Crippen LogP contribution in [0, 0.1) is 0 Å². The SMILES string of the molecule is [CH3][Sb]([CH3])([CH3])([CH3])[Br]. The van der Waals surface area contributed by atoms with E-state index < -0.39 is 15.1 Å². The Morgan fingerprint density at radius 3 is 1.00 bits per heavy atom. The molecular formula is C4H12BrSb. The van der Waals surface area contributed by atoms with Crippen molar-refractivity contribution < 1.29 is 0 Å². The molecule has 0 spiro atoms. The van der Waals surface area contributed by atoms with E-state index in [0.29, 0.717) is 0 Å². The molecule has 0 aliphatic heterocycles. The first-order chi connectivity index (χ1) is 2.24. The second kappa shape index (κ2) is 1.39. The van der Waals surface area contributed by atoms with Crippen molar-refractivity contribution in [3.63, 3.8) is 0 Å². The summed E-state index contributed by atoms with van der Waals surface area (Å²) in [6.45, 7) is 0. The average molecular weight is 262 g/mol. The van der Waals surface area contributed by atoms with Crippen molar-refractivity contribution in [3.8, 4) is 0 Å². The van der Waals surface area contributed by atoms with Gasteiger partial charge in [0.15, 0.2) is 0 Å². The summed E-state index contributed by atoms with van der Waals surface area (Å²) in [6, 6.07) is 0. The van der Waals surface area contributed by atoms with E-state index in [9.17, 15) is 0 Å². The third-order valence-electron chi connectivity index (χ3n) is 0. The van der Waals surface area contributed by atoms with Crippen LogP contribution in [0.25, 0.3) is 0 Å². The molecule has 0 saturated carbocycles. The van der Waals surface area contributed by atoms with Crippen LogP contribution >= 0.6 is 12.6 Å². The number of hydrogen-bond acceptors (Lipinski definition) is 0. The molecule has 2 heteroatoms. The van der Waals surface area contributed by atoms with Gasteiger partial charge in [0.25, 0.3) is 0 Å². The molecule has 0 fully saturated rings. The van der Waals surface area contributed by atoms with Gasteiger partial charge in [-0.1, -0.05) is 0 Å². The van der Waals surface area contributed by atoms with E-state index in [0.717, 1.165) is 0 Å². The zero-order valence-electron chi connectivity index (χ0n) is 4.83. The number of halogens is 1. The molecule has 0 aromatic rings. The molecule has 40 valence electrons. The van der Waals surface area contributed by atoms with E-state index in [1.165, 1.54) is 0 Å². The molecule has 0 nitrogen and oxygen atoms in total. The Bertz CT molecular complexity index is 40.7. The third-order valence-corrected chi connectivity index (χ3v) is 0. The van der Waals surface area contributed by atoms with Crippen LogP contribution in [-0.4, -0.2) is 15.1 Å². The Morgan fingerprint density at radius 1 is 1.00 bits per heavy atom. The molecule has 0 atom stereocenters. The van der Waals surface area contributed by atoms with Gasteiger partial charge in [-0.3, -0.25) is 0 Å². The first kappa shape index (κ1) is 7.30. The standard InChI is InChI=1S/4CH3.BrH.Sb/h4*1H3;1H;/q;;;;;+1/p-1. The summed E-state index contributed by atoms with van der Waals surface area (Å²) in [6.07, 6.45) is 0. The summed E-state index contributed by atoms with van der Waals surface area (Å²) in [5.74, 6) is 0. The molecule has 0 aliphatic rings. The van der Waals surface area contributed by atoms with E-state index in [1.54, 1.807) is 0 Å². The van der Waals surface area contributed by atoms with Crippen LogP contribution in [0.3, 0.4) is 0 Å². The predicted octanol–water partition coefficient (Wildman–Crippen LogP) is 2.80. The molecule has 0 unspecified atom stereocenters. The van der Waals surface area contributed by atoms with Gasteiger partial charge in [0.2, 0.25) is 0 Å². The van der Waals surface area contributed by atoms with Gasteiger partial charge in [-0.05, 0) is 0 Å². The van der Waals surface area contributed by atoms with Gasteiger partial charge in [-0.25, -0.2) is 0 Å². The van der Waals surface area contributed by atoms with E-state index in [2.05, 4.69) is 32.1 Å². The maximum atomic E-state index is 3.68. The van der Waals surface area contributed by atoms with E-state index in [1.807, 2.05) is 0 Å². The van der Waals surface area contributed by atoms with Gasteiger partial charge < -0.3 is 0 Å². The summed E-state index contributed by atoms with van der Waals surface area (Å²) in [4.78, 5) is 9.31. The molecule has 0 radical (unpaired) electrons. The molecule has 0 bridgehead atoms. The van der Waals surface area contributed by atoms with Crippen molar-refractivity contribution in [1.29, 1.82) is 0 Å². The van der Waals surface area contributed by atoms with Gasteiger partial charge in [0.05, 0.1) is 0 Å². The van der Waals surface area contributed by atoms with Gasteiger partial charge >= 0.3 is 47.2 Å². The van der Waals surface area contributed by atoms with Crippen molar-refractivity contribution >= 4 is 27.7 Å². The van der Waals surface area contributed by atoms with Crippen molar-refractivity contribution in [3.05, 3.63) is 0 Å². The van der Waals surface area contributed by atoms with Crippen molar-refractivity contribution in [2.45, 2.75) is 19.5 Å². The van der Waals surface area contributed by atoms with E-state index in [4.69, 9.17) is 0 Å². The molecular weight excluding hydrogens is 250 g/mol. The Labute approximate surface area is 47.0 Å². The summed E-state index contributed by atoms with van der Waals surface area (Å²) in [7, 11) is 0. The van der Waals surface area contributed by atoms with Crippen molar-refractivity contribution in [2.24, 2.45) is 0 Å². The molecule has 0 amide bonds. The average Bonchev–Trinajstić information content (AvgIpc) is 0.650. The second-order valence-corrected chi connectivity index (χ2v) is 41.6. The van der Waals surface area contributed by atoms with Crippen LogP contribution in [0.5, 0.6) is 0 Å². The molecule has 0 aromatic carbocycles. The molecule has 6 heavy (non-hydrogen) atoms. The maximum absolute atomic E-state index is 3.68. The summed E-state index contributed by atoms with van der Waals surface area (Å²) in [5.41, 5.74) is 0.